The summed E-state index contributed by atoms with van der Waals surface area (Å²) < 4.78 is 26.2. The van der Waals surface area contributed by atoms with Gasteiger partial charge < -0.3 is 5.32 Å². The van der Waals surface area contributed by atoms with Crippen LogP contribution in [0.2, 0.25) is 0 Å². The second-order valence-corrected chi connectivity index (χ2v) is 4.65. The summed E-state index contributed by atoms with van der Waals surface area (Å²) in [7, 11) is 0. The Morgan fingerprint density at radius 2 is 2.17 bits per heavy atom. The minimum atomic E-state index is -0.957. The third kappa shape index (κ3) is 4.61. The van der Waals surface area contributed by atoms with E-state index in [-0.39, 0.29) is 23.8 Å². The molecule has 0 aliphatic carbocycles. The Hall–Kier alpha value is -1.16. The van der Waals surface area contributed by atoms with Gasteiger partial charge >= 0.3 is 0 Å². The van der Waals surface area contributed by atoms with Crippen LogP contribution in [0.3, 0.4) is 0 Å². The van der Waals surface area contributed by atoms with Crippen molar-refractivity contribution in [3.63, 3.8) is 0 Å². The molecule has 1 atom stereocenters. The van der Waals surface area contributed by atoms with Crippen molar-refractivity contribution in [3.05, 3.63) is 35.4 Å². The van der Waals surface area contributed by atoms with Gasteiger partial charge in [0, 0.05) is 18.0 Å². The lowest BCUT2D eigenvalue weighted by Gasteiger charge is -2.11. The molecule has 0 fully saturated rings. The summed E-state index contributed by atoms with van der Waals surface area (Å²) in [6, 6.07) is 3.82. The van der Waals surface area contributed by atoms with E-state index in [1.54, 1.807) is 0 Å². The topological polar surface area (TPSA) is 29.1 Å². The van der Waals surface area contributed by atoms with Crippen molar-refractivity contribution in [2.45, 2.75) is 19.8 Å². The number of hydrogen-bond donors (Lipinski definition) is 1. The van der Waals surface area contributed by atoms with Gasteiger partial charge in [0.15, 0.2) is 11.6 Å². The molecule has 0 saturated carbocycles. The molecule has 0 aliphatic rings. The van der Waals surface area contributed by atoms with Crippen LogP contribution >= 0.6 is 11.6 Å². The summed E-state index contributed by atoms with van der Waals surface area (Å²) >= 11 is 5.58. The van der Waals surface area contributed by atoms with E-state index >= 15 is 0 Å². The Kier molecular flexibility index (Phi) is 6.05. The fourth-order valence-corrected chi connectivity index (χ4v) is 1.87. The Bertz CT molecular complexity index is 412. The van der Waals surface area contributed by atoms with E-state index in [0.29, 0.717) is 12.4 Å². The van der Waals surface area contributed by atoms with Crippen molar-refractivity contribution >= 4 is 17.5 Å². The van der Waals surface area contributed by atoms with Gasteiger partial charge in [-0.05, 0) is 18.4 Å². The molecule has 1 N–H and O–H groups in total. The Balaban J connectivity index is 2.47. The molecule has 100 valence electrons. The molecule has 1 aromatic carbocycles. The molecule has 0 spiro atoms. The van der Waals surface area contributed by atoms with Gasteiger partial charge in [-0.15, -0.1) is 11.6 Å². The molecule has 1 rings (SSSR count). The van der Waals surface area contributed by atoms with Gasteiger partial charge in [0.05, 0.1) is 6.42 Å². The molecule has 18 heavy (non-hydrogen) atoms. The quantitative estimate of drug-likeness (QED) is 0.795. The number of carbonyl (C=O) groups is 1. The zero-order valence-corrected chi connectivity index (χ0v) is 10.9. The number of benzene rings is 1. The van der Waals surface area contributed by atoms with Crippen LogP contribution < -0.4 is 5.32 Å². The van der Waals surface area contributed by atoms with Gasteiger partial charge in [0.2, 0.25) is 5.91 Å². The molecule has 0 radical (unpaired) electrons. The number of nitrogens with one attached hydrogen (secondary N) is 1. The molecule has 0 heterocycles. The third-order valence-electron chi connectivity index (χ3n) is 2.63. The van der Waals surface area contributed by atoms with Crippen LogP contribution in [-0.2, 0) is 11.2 Å². The average Bonchev–Trinajstić information content (AvgIpc) is 2.33. The highest BCUT2D eigenvalue weighted by Crippen LogP contribution is 2.11. The molecule has 5 heteroatoms. The average molecular weight is 276 g/mol. The maximum Gasteiger partial charge on any atom is 0.224 e. The number of hydrogen-bond acceptors (Lipinski definition) is 1. The first-order valence-electron chi connectivity index (χ1n) is 5.80. The summed E-state index contributed by atoms with van der Waals surface area (Å²) in [5.41, 5.74) is 0.0671. The van der Waals surface area contributed by atoms with Gasteiger partial charge in [0.25, 0.3) is 0 Å². The van der Waals surface area contributed by atoms with Gasteiger partial charge in [-0.1, -0.05) is 19.1 Å². The lowest BCUT2D eigenvalue weighted by atomic mass is 10.1. The van der Waals surface area contributed by atoms with E-state index in [1.807, 2.05) is 6.92 Å². The Morgan fingerprint density at radius 1 is 1.44 bits per heavy atom. The monoisotopic (exact) mass is 275 g/mol. The number of halogens is 3. The van der Waals surface area contributed by atoms with Gasteiger partial charge in [-0.3, -0.25) is 4.79 Å². The maximum atomic E-state index is 13.3. The van der Waals surface area contributed by atoms with Crippen molar-refractivity contribution in [2.75, 3.05) is 12.4 Å². The first-order chi connectivity index (χ1) is 8.54. The van der Waals surface area contributed by atoms with Crippen LogP contribution in [-0.4, -0.2) is 18.3 Å². The maximum absolute atomic E-state index is 13.3. The summed E-state index contributed by atoms with van der Waals surface area (Å²) in [5.74, 6) is -1.41. The SMILES string of the molecule is CC(CCCl)CNC(=O)Cc1cccc(F)c1F. The lowest BCUT2D eigenvalue weighted by Crippen LogP contribution is -2.30. The van der Waals surface area contributed by atoms with Crippen molar-refractivity contribution in [1.29, 1.82) is 0 Å². The second kappa shape index (κ2) is 7.31. The predicted octanol–water partition coefficient (Wildman–Crippen LogP) is 2.89. The first-order valence-corrected chi connectivity index (χ1v) is 6.33. The van der Waals surface area contributed by atoms with E-state index in [4.69, 9.17) is 11.6 Å². The summed E-state index contributed by atoms with van der Waals surface area (Å²) in [6.45, 7) is 2.45. The van der Waals surface area contributed by atoms with Crippen LogP contribution in [0.25, 0.3) is 0 Å². The minimum Gasteiger partial charge on any atom is -0.356 e. The molecular weight excluding hydrogens is 260 g/mol. The van der Waals surface area contributed by atoms with E-state index in [9.17, 15) is 13.6 Å². The molecule has 2 nitrogen and oxygen atoms in total. The summed E-state index contributed by atoms with van der Waals surface area (Å²) in [5, 5.41) is 2.68. The van der Waals surface area contributed by atoms with Crippen molar-refractivity contribution < 1.29 is 13.6 Å². The molecule has 0 saturated heterocycles. The zero-order chi connectivity index (χ0) is 13.5. The first kappa shape index (κ1) is 14.9. The Labute approximate surface area is 110 Å². The van der Waals surface area contributed by atoms with E-state index in [1.165, 1.54) is 12.1 Å². The second-order valence-electron chi connectivity index (χ2n) is 4.28. The predicted molar refractivity (Wildman–Crippen MR) is 67.6 cm³/mol. The smallest absolute Gasteiger partial charge is 0.224 e. The summed E-state index contributed by atoms with van der Waals surface area (Å²) in [4.78, 5) is 11.6. The highest BCUT2D eigenvalue weighted by Gasteiger charge is 2.12. The third-order valence-corrected chi connectivity index (χ3v) is 2.85. The normalized spacial score (nSPS) is 12.2. The Morgan fingerprint density at radius 3 is 2.83 bits per heavy atom. The highest BCUT2D eigenvalue weighted by atomic mass is 35.5. The van der Waals surface area contributed by atoms with Crippen LogP contribution in [0.5, 0.6) is 0 Å². The van der Waals surface area contributed by atoms with E-state index in [0.717, 1.165) is 12.5 Å². The lowest BCUT2D eigenvalue weighted by molar-refractivity contribution is -0.120. The van der Waals surface area contributed by atoms with E-state index in [2.05, 4.69) is 5.32 Å². The van der Waals surface area contributed by atoms with Crippen molar-refractivity contribution in [3.8, 4) is 0 Å². The fraction of sp³-hybridized carbons (Fsp3) is 0.462. The minimum absolute atomic E-state index is 0.0671. The number of alkyl halides is 1. The molecule has 1 aromatic rings. The molecule has 1 unspecified atom stereocenters. The van der Waals surface area contributed by atoms with Crippen LogP contribution in [0.1, 0.15) is 18.9 Å². The van der Waals surface area contributed by atoms with Crippen molar-refractivity contribution in [2.24, 2.45) is 5.92 Å². The molecule has 0 bridgehead atoms. The zero-order valence-electron chi connectivity index (χ0n) is 10.2. The number of rotatable bonds is 6. The van der Waals surface area contributed by atoms with E-state index < -0.39 is 11.6 Å². The van der Waals surface area contributed by atoms with Crippen molar-refractivity contribution in [1.82, 2.24) is 5.32 Å². The fourth-order valence-electron chi connectivity index (χ4n) is 1.50. The largest absolute Gasteiger partial charge is 0.356 e. The highest BCUT2D eigenvalue weighted by molar-refractivity contribution is 6.17. The van der Waals surface area contributed by atoms with Crippen LogP contribution in [0.15, 0.2) is 18.2 Å². The molecular formula is C13H16ClF2NO. The van der Waals surface area contributed by atoms with Gasteiger partial charge in [-0.2, -0.15) is 0 Å². The van der Waals surface area contributed by atoms with Crippen LogP contribution in [0, 0.1) is 17.6 Å². The molecule has 0 aliphatic heterocycles. The molecule has 0 aromatic heterocycles. The summed E-state index contributed by atoms with van der Waals surface area (Å²) in [6.07, 6.45) is 0.646. The van der Waals surface area contributed by atoms with Gasteiger partial charge in [-0.25, -0.2) is 8.78 Å². The van der Waals surface area contributed by atoms with Crippen LogP contribution in [0.4, 0.5) is 8.78 Å². The number of carbonyl (C=O) groups excluding carboxylic acids is 1. The van der Waals surface area contributed by atoms with Gasteiger partial charge in [0.1, 0.15) is 0 Å². The molecule has 1 amide bonds. The standard InChI is InChI=1S/C13H16ClF2NO/c1-9(5-6-14)8-17-12(18)7-10-3-2-4-11(15)13(10)16/h2-4,9H,5-8H2,1H3,(H,17,18). The number of amides is 1.